The van der Waals surface area contributed by atoms with Gasteiger partial charge in [0, 0.05) is 10.0 Å². The minimum Gasteiger partial charge on any atom is -0.387 e. The van der Waals surface area contributed by atoms with Gasteiger partial charge in [0.2, 0.25) is 0 Å². The van der Waals surface area contributed by atoms with Crippen LogP contribution in [0.15, 0.2) is 22.7 Å². The van der Waals surface area contributed by atoms with Crippen molar-refractivity contribution in [2.75, 3.05) is 0 Å². The van der Waals surface area contributed by atoms with E-state index in [1.165, 1.54) is 12.5 Å². The molecule has 1 fully saturated rings. The predicted octanol–water partition coefficient (Wildman–Crippen LogP) is 4.88. The van der Waals surface area contributed by atoms with Gasteiger partial charge in [-0.15, -0.1) is 0 Å². The maximum atomic E-state index is 14.0. The van der Waals surface area contributed by atoms with Crippen LogP contribution in [-0.4, -0.2) is 5.11 Å². The summed E-state index contributed by atoms with van der Waals surface area (Å²) in [7, 11) is 0. The molecule has 0 spiro atoms. The number of halogens is 2. The summed E-state index contributed by atoms with van der Waals surface area (Å²) < 4.78 is 14.7. The summed E-state index contributed by atoms with van der Waals surface area (Å²) in [6.45, 7) is 0. The number of aliphatic hydroxyl groups is 1. The van der Waals surface area contributed by atoms with Crippen LogP contribution < -0.4 is 0 Å². The van der Waals surface area contributed by atoms with E-state index in [9.17, 15) is 14.8 Å². The molecular weight excluding hydrogens is 321 g/mol. The third-order valence-corrected chi connectivity index (χ3v) is 4.74. The second-order valence-electron chi connectivity index (χ2n) is 5.60. The normalized spacial score (nSPS) is 20.5. The van der Waals surface area contributed by atoms with Gasteiger partial charge in [0.05, 0.1) is 11.5 Å². The molecule has 1 aromatic carbocycles. The fourth-order valence-electron chi connectivity index (χ4n) is 3.00. The van der Waals surface area contributed by atoms with Crippen molar-refractivity contribution in [1.29, 1.82) is 5.26 Å². The lowest BCUT2D eigenvalue weighted by molar-refractivity contribution is 0.0406. The average molecular weight is 340 g/mol. The van der Waals surface area contributed by atoms with Crippen molar-refractivity contribution in [3.8, 4) is 6.07 Å². The molecule has 1 aromatic rings. The van der Waals surface area contributed by atoms with E-state index in [2.05, 4.69) is 22.0 Å². The van der Waals surface area contributed by atoms with E-state index in [1.807, 2.05) is 0 Å². The molecule has 108 valence electrons. The van der Waals surface area contributed by atoms with Crippen LogP contribution in [0.4, 0.5) is 4.39 Å². The van der Waals surface area contributed by atoms with Crippen molar-refractivity contribution in [2.24, 2.45) is 5.41 Å². The first-order valence-corrected chi connectivity index (χ1v) is 7.93. The Bertz CT molecular complexity index is 504. The van der Waals surface area contributed by atoms with Crippen LogP contribution in [0.2, 0.25) is 0 Å². The van der Waals surface area contributed by atoms with Crippen LogP contribution >= 0.6 is 15.9 Å². The first-order chi connectivity index (χ1) is 9.59. The van der Waals surface area contributed by atoms with Gasteiger partial charge in [0.25, 0.3) is 0 Å². The molecule has 0 heterocycles. The number of aliphatic hydroxyl groups excluding tert-OH is 1. The van der Waals surface area contributed by atoms with Crippen molar-refractivity contribution < 1.29 is 9.50 Å². The number of hydrogen-bond acceptors (Lipinski definition) is 2. The van der Waals surface area contributed by atoms with E-state index in [4.69, 9.17) is 0 Å². The number of benzene rings is 1. The van der Waals surface area contributed by atoms with Gasteiger partial charge in [-0.25, -0.2) is 4.39 Å². The molecule has 1 aliphatic carbocycles. The van der Waals surface area contributed by atoms with E-state index >= 15 is 0 Å². The second-order valence-corrected chi connectivity index (χ2v) is 6.52. The lowest BCUT2D eigenvalue weighted by Gasteiger charge is -2.33. The molecule has 0 saturated heterocycles. The Morgan fingerprint density at radius 1 is 1.20 bits per heavy atom. The Hall–Kier alpha value is -0.920. The first kappa shape index (κ1) is 15.5. The SMILES string of the molecule is N#CC1(C(O)c2cc(Br)ccc2F)CCCCCCC1. The number of nitrogens with zero attached hydrogens (tertiary/aromatic N) is 1. The molecule has 1 aliphatic rings. The minimum absolute atomic E-state index is 0.224. The van der Waals surface area contributed by atoms with Crippen LogP contribution in [0.5, 0.6) is 0 Å². The van der Waals surface area contributed by atoms with Crippen LogP contribution in [0, 0.1) is 22.6 Å². The summed E-state index contributed by atoms with van der Waals surface area (Å²) in [5.41, 5.74) is -0.635. The Labute approximate surface area is 127 Å². The Morgan fingerprint density at radius 3 is 2.40 bits per heavy atom. The first-order valence-electron chi connectivity index (χ1n) is 7.13. The Morgan fingerprint density at radius 2 is 1.80 bits per heavy atom. The highest BCUT2D eigenvalue weighted by atomic mass is 79.9. The van der Waals surface area contributed by atoms with Crippen molar-refractivity contribution >= 4 is 15.9 Å². The molecule has 0 aliphatic heterocycles. The smallest absolute Gasteiger partial charge is 0.129 e. The van der Waals surface area contributed by atoms with Crippen molar-refractivity contribution in [2.45, 2.75) is 51.0 Å². The maximum absolute atomic E-state index is 14.0. The Kier molecular flexibility index (Phi) is 5.17. The summed E-state index contributed by atoms with van der Waals surface area (Å²) in [6.07, 6.45) is 5.38. The van der Waals surface area contributed by atoms with E-state index < -0.39 is 17.3 Å². The van der Waals surface area contributed by atoms with Gasteiger partial charge < -0.3 is 5.11 Å². The van der Waals surface area contributed by atoms with E-state index in [1.54, 1.807) is 12.1 Å². The molecular formula is C16H19BrFNO. The zero-order valence-corrected chi connectivity index (χ0v) is 13.0. The molecule has 2 nitrogen and oxygen atoms in total. The number of rotatable bonds is 2. The molecule has 20 heavy (non-hydrogen) atoms. The van der Waals surface area contributed by atoms with Crippen molar-refractivity contribution in [1.82, 2.24) is 0 Å². The standard InChI is InChI=1S/C16H19BrFNO/c17-12-6-7-14(18)13(10-12)15(20)16(11-19)8-4-2-1-3-5-9-16/h6-7,10,15,20H,1-5,8-9H2. The molecule has 1 atom stereocenters. The summed E-state index contributed by atoms with van der Waals surface area (Å²) in [5, 5.41) is 20.2. The fourth-order valence-corrected chi connectivity index (χ4v) is 3.38. The zero-order chi connectivity index (χ0) is 14.6. The molecule has 0 bridgehead atoms. The van der Waals surface area contributed by atoms with Crippen LogP contribution in [0.1, 0.15) is 56.6 Å². The predicted molar refractivity (Wildman–Crippen MR) is 79.4 cm³/mol. The largest absolute Gasteiger partial charge is 0.387 e. The third-order valence-electron chi connectivity index (χ3n) is 4.24. The van der Waals surface area contributed by atoms with Crippen LogP contribution in [-0.2, 0) is 0 Å². The number of hydrogen-bond donors (Lipinski definition) is 1. The highest BCUT2D eigenvalue weighted by Gasteiger charge is 2.40. The third kappa shape index (κ3) is 3.21. The summed E-state index contributed by atoms with van der Waals surface area (Å²) >= 11 is 3.30. The Balaban J connectivity index is 2.33. The molecule has 0 radical (unpaired) electrons. The second kappa shape index (κ2) is 6.69. The summed E-state index contributed by atoms with van der Waals surface area (Å²) in [6, 6.07) is 6.81. The summed E-state index contributed by atoms with van der Waals surface area (Å²) in [5.74, 6) is -0.447. The minimum atomic E-state index is -1.07. The molecule has 1 saturated carbocycles. The monoisotopic (exact) mass is 339 g/mol. The topological polar surface area (TPSA) is 44.0 Å². The lowest BCUT2D eigenvalue weighted by atomic mass is 9.71. The fraction of sp³-hybridized carbons (Fsp3) is 0.562. The zero-order valence-electron chi connectivity index (χ0n) is 11.4. The lowest BCUT2D eigenvalue weighted by Crippen LogP contribution is -2.29. The van der Waals surface area contributed by atoms with Gasteiger partial charge in [-0.05, 0) is 31.0 Å². The average Bonchev–Trinajstić information content (AvgIpc) is 2.41. The van der Waals surface area contributed by atoms with E-state index in [0.717, 1.165) is 25.7 Å². The van der Waals surface area contributed by atoms with Crippen LogP contribution in [0.25, 0.3) is 0 Å². The molecule has 0 amide bonds. The van der Waals surface area contributed by atoms with Gasteiger partial charge in [0.15, 0.2) is 0 Å². The van der Waals surface area contributed by atoms with E-state index in [-0.39, 0.29) is 5.56 Å². The molecule has 0 aromatic heterocycles. The van der Waals surface area contributed by atoms with Gasteiger partial charge in [-0.1, -0.05) is 48.0 Å². The number of nitriles is 1. The van der Waals surface area contributed by atoms with Gasteiger partial charge in [0.1, 0.15) is 11.9 Å². The quantitative estimate of drug-likeness (QED) is 0.834. The van der Waals surface area contributed by atoms with Gasteiger partial charge in [-0.2, -0.15) is 5.26 Å². The maximum Gasteiger partial charge on any atom is 0.129 e. The molecule has 2 rings (SSSR count). The van der Waals surface area contributed by atoms with Gasteiger partial charge >= 0.3 is 0 Å². The highest BCUT2D eigenvalue weighted by molar-refractivity contribution is 9.10. The highest BCUT2D eigenvalue weighted by Crippen LogP contribution is 2.44. The van der Waals surface area contributed by atoms with E-state index in [0.29, 0.717) is 17.3 Å². The van der Waals surface area contributed by atoms with Gasteiger partial charge in [-0.3, -0.25) is 0 Å². The van der Waals surface area contributed by atoms with Crippen molar-refractivity contribution in [3.05, 3.63) is 34.1 Å². The molecule has 1 N–H and O–H groups in total. The molecule has 4 heteroatoms. The van der Waals surface area contributed by atoms with Crippen LogP contribution in [0.3, 0.4) is 0 Å². The summed E-state index contributed by atoms with van der Waals surface area (Å²) in [4.78, 5) is 0. The van der Waals surface area contributed by atoms with Crippen molar-refractivity contribution in [3.63, 3.8) is 0 Å². The molecule has 1 unspecified atom stereocenters.